The average Bonchev–Trinajstić information content (AvgIpc) is 2.29. The quantitative estimate of drug-likeness (QED) is 0.769. The minimum atomic E-state index is -0.968. The predicted octanol–water partition coefficient (Wildman–Crippen LogP) is 2.18. The van der Waals surface area contributed by atoms with Gasteiger partial charge in [-0.1, -0.05) is 48.0 Å². The molecular weight excluding hydrogens is 202 g/mol. The highest BCUT2D eigenvalue weighted by atomic mass is 16.4. The maximum Gasteiger partial charge on any atom is 0.317 e. The first-order chi connectivity index (χ1) is 7.63. The molecule has 3 heteroatoms. The van der Waals surface area contributed by atoms with Gasteiger partial charge in [0.25, 0.3) is 0 Å². The normalized spacial score (nSPS) is 9.38. The largest absolute Gasteiger partial charge is 0.480 e. The Morgan fingerprint density at radius 2 is 1.75 bits per heavy atom. The van der Waals surface area contributed by atoms with Crippen LogP contribution >= 0.6 is 0 Å². The number of benzene rings is 2. The summed E-state index contributed by atoms with van der Waals surface area (Å²) >= 11 is 0. The molecular formula is C13H15NO2. The number of fused-ring (bicyclic) bond motifs is 1. The highest BCUT2D eigenvalue weighted by molar-refractivity contribution is 5.82. The molecule has 0 radical (unpaired) electrons. The van der Waals surface area contributed by atoms with E-state index >= 15 is 0 Å². The molecule has 0 fully saturated rings. The monoisotopic (exact) mass is 217 g/mol. The van der Waals surface area contributed by atoms with Crippen molar-refractivity contribution in [3.05, 3.63) is 48.0 Å². The molecule has 0 aliphatic heterocycles. The summed E-state index contributed by atoms with van der Waals surface area (Å²) in [5.41, 5.74) is 5.89. The van der Waals surface area contributed by atoms with Crippen LogP contribution in [0.5, 0.6) is 0 Å². The van der Waals surface area contributed by atoms with Crippen LogP contribution in [0.4, 0.5) is 0 Å². The van der Waals surface area contributed by atoms with E-state index in [9.17, 15) is 4.79 Å². The van der Waals surface area contributed by atoms with Crippen LogP contribution in [0.3, 0.4) is 0 Å². The molecule has 0 saturated carbocycles. The molecule has 3 nitrogen and oxygen atoms in total. The number of hydrogen-bond acceptors (Lipinski definition) is 2. The first kappa shape index (κ1) is 12.2. The van der Waals surface area contributed by atoms with Crippen LogP contribution in [0, 0.1) is 6.92 Å². The summed E-state index contributed by atoms with van der Waals surface area (Å²) in [6.07, 6.45) is 0. The Labute approximate surface area is 94.5 Å². The van der Waals surface area contributed by atoms with Gasteiger partial charge in [-0.3, -0.25) is 4.79 Å². The van der Waals surface area contributed by atoms with Crippen LogP contribution in [0.2, 0.25) is 0 Å². The van der Waals surface area contributed by atoms with Gasteiger partial charge in [0.15, 0.2) is 0 Å². The maximum absolute atomic E-state index is 9.24. The van der Waals surface area contributed by atoms with Crippen molar-refractivity contribution in [3.63, 3.8) is 0 Å². The number of carboxylic acids is 1. The molecule has 0 heterocycles. The fourth-order valence-corrected chi connectivity index (χ4v) is 1.31. The topological polar surface area (TPSA) is 63.3 Å². The molecule has 0 atom stereocenters. The van der Waals surface area contributed by atoms with Gasteiger partial charge >= 0.3 is 5.97 Å². The van der Waals surface area contributed by atoms with Crippen LogP contribution in [0.15, 0.2) is 42.5 Å². The van der Waals surface area contributed by atoms with Gasteiger partial charge in [-0.2, -0.15) is 0 Å². The molecule has 0 amide bonds. The van der Waals surface area contributed by atoms with E-state index in [1.165, 1.54) is 16.3 Å². The number of nitrogens with two attached hydrogens (primary N) is 1. The van der Waals surface area contributed by atoms with E-state index in [0.29, 0.717) is 0 Å². The fourth-order valence-electron chi connectivity index (χ4n) is 1.31. The molecule has 0 unspecified atom stereocenters. The third-order valence-corrected chi connectivity index (χ3v) is 2.08. The van der Waals surface area contributed by atoms with E-state index in [2.05, 4.69) is 55.1 Å². The molecule has 16 heavy (non-hydrogen) atoms. The average molecular weight is 217 g/mol. The first-order valence-electron chi connectivity index (χ1n) is 5.00. The van der Waals surface area contributed by atoms with Gasteiger partial charge in [0, 0.05) is 0 Å². The Morgan fingerprint density at radius 1 is 1.19 bits per heavy atom. The second-order valence-electron chi connectivity index (χ2n) is 3.45. The van der Waals surface area contributed by atoms with Crippen molar-refractivity contribution in [1.82, 2.24) is 0 Å². The van der Waals surface area contributed by atoms with Crippen LogP contribution in [0.1, 0.15) is 5.56 Å². The van der Waals surface area contributed by atoms with E-state index in [-0.39, 0.29) is 6.54 Å². The standard InChI is InChI=1S/C11H10.C2H5NO2/c1-9-6-7-10-4-2-3-5-11(10)8-9;3-1-2(4)5/h2-8H,1H3;1,3H2,(H,4,5). The highest BCUT2D eigenvalue weighted by Crippen LogP contribution is 2.14. The van der Waals surface area contributed by atoms with Crippen LogP contribution < -0.4 is 5.73 Å². The number of carboxylic acid groups (broad SMARTS) is 1. The van der Waals surface area contributed by atoms with Gasteiger partial charge in [0.2, 0.25) is 0 Å². The van der Waals surface area contributed by atoms with Crippen LogP contribution in [-0.2, 0) is 4.79 Å². The summed E-state index contributed by atoms with van der Waals surface area (Å²) in [6, 6.07) is 14.9. The fraction of sp³-hybridized carbons (Fsp3) is 0.154. The third kappa shape index (κ3) is 3.71. The zero-order valence-electron chi connectivity index (χ0n) is 9.18. The molecule has 84 valence electrons. The molecule has 0 aliphatic carbocycles. The van der Waals surface area contributed by atoms with Crippen molar-refractivity contribution in [3.8, 4) is 0 Å². The van der Waals surface area contributed by atoms with Crippen molar-refractivity contribution in [1.29, 1.82) is 0 Å². The number of aryl methyl sites for hydroxylation is 1. The molecule has 0 bridgehead atoms. The van der Waals surface area contributed by atoms with E-state index in [0.717, 1.165) is 0 Å². The van der Waals surface area contributed by atoms with E-state index in [1.807, 2.05) is 0 Å². The molecule has 2 aromatic carbocycles. The molecule has 2 rings (SSSR count). The summed E-state index contributed by atoms with van der Waals surface area (Å²) in [7, 11) is 0. The van der Waals surface area contributed by atoms with Crippen LogP contribution in [0.25, 0.3) is 10.8 Å². The summed E-state index contributed by atoms with van der Waals surface area (Å²) in [6.45, 7) is 1.84. The lowest BCUT2D eigenvalue weighted by atomic mass is 10.1. The van der Waals surface area contributed by atoms with E-state index in [1.54, 1.807) is 0 Å². The summed E-state index contributed by atoms with van der Waals surface area (Å²) < 4.78 is 0. The molecule has 0 spiro atoms. The minimum Gasteiger partial charge on any atom is -0.480 e. The predicted molar refractivity (Wildman–Crippen MR) is 65.4 cm³/mol. The van der Waals surface area contributed by atoms with Crippen molar-refractivity contribution in [2.75, 3.05) is 6.54 Å². The lowest BCUT2D eigenvalue weighted by Gasteiger charge is -1.96. The van der Waals surface area contributed by atoms with Crippen LogP contribution in [-0.4, -0.2) is 17.6 Å². The van der Waals surface area contributed by atoms with Gasteiger partial charge in [0.1, 0.15) is 0 Å². The smallest absolute Gasteiger partial charge is 0.317 e. The Morgan fingerprint density at radius 3 is 2.31 bits per heavy atom. The summed E-state index contributed by atoms with van der Waals surface area (Å²) in [5.74, 6) is -0.968. The lowest BCUT2D eigenvalue weighted by Crippen LogP contribution is -2.10. The van der Waals surface area contributed by atoms with Gasteiger partial charge in [0.05, 0.1) is 6.54 Å². The Bertz CT molecular complexity index is 480. The minimum absolute atomic E-state index is 0.278. The van der Waals surface area contributed by atoms with Crippen molar-refractivity contribution in [2.24, 2.45) is 5.73 Å². The number of rotatable bonds is 1. The molecule has 0 aliphatic rings. The zero-order chi connectivity index (χ0) is 12.0. The van der Waals surface area contributed by atoms with Gasteiger partial charge in [-0.15, -0.1) is 0 Å². The van der Waals surface area contributed by atoms with Gasteiger partial charge in [-0.25, -0.2) is 0 Å². The first-order valence-corrected chi connectivity index (χ1v) is 5.00. The van der Waals surface area contributed by atoms with E-state index in [4.69, 9.17) is 5.11 Å². The highest BCUT2D eigenvalue weighted by Gasteiger charge is 1.89. The Hall–Kier alpha value is -1.87. The second-order valence-corrected chi connectivity index (χ2v) is 3.45. The lowest BCUT2D eigenvalue weighted by molar-refractivity contribution is -0.135. The molecule has 2 aromatic rings. The maximum atomic E-state index is 9.24. The summed E-state index contributed by atoms with van der Waals surface area (Å²) in [4.78, 5) is 9.24. The van der Waals surface area contributed by atoms with Gasteiger partial charge < -0.3 is 10.8 Å². The Kier molecular flexibility index (Phi) is 4.48. The van der Waals surface area contributed by atoms with Gasteiger partial charge in [-0.05, 0) is 17.7 Å². The van der Waals surface area contributed by atoms with Crippen molar-refractivity contribution < 1.29 is 9.90 Å². The molecule has 0 aromatic heterocycles. The second kappa shape index (κ2) is 5.88. The number of hydrogen-bond donors (Lipinski definition) is 2. The zero-order valence-corrected chi connectivity index (χ0v) is 9.18. The Balaban J connectivity index is 0.000000221. The number of carbonyl (C=O) groups is 1. The third-order valence-electron chi connectivity index (χ3n) is 2.08. The summed E-state index contributed by atoms with van der Waals surface area (Å²) in [5, 5.41) is 10.2. The van der Waals surface area contributed by atoms with Crippen molar-refractivity contribution >= 4 is 16.7 Å². The molecule has 0 saturated heterocycles. The van der Waals surface area contributed by atoms with E-state index < -0.39 is 5.97 Å². The van der Waals surface area contributed by atoms with Crippen molar-refractivity contribution in [2.45, 2.75) is 6.92 Å². The SMILES string of the molecule is Cc1ccc2ccccc2c1.NCC(=O)O. The molecule has 3 N–H and O–H groups in total. The number of aliphatic carboxylic acids is 1.